The Morgan fingerprint density at radius 1 is 1.53 bits per heavy atom. The lowest BCUT2D eigenvalue weighted by Gasteiger charge is -2.27. The first-order valence-electron chi connectivity index (χ1n) is 4.89. The van der Waals surface area contributed by atoms with Crippen molar-refractivity contribution in [3.63, 3.8) is 0 Å². The molecule has 1 saturated heterocycles. The molecule has 2 aliphatic heterocycles. The number of amidine groups is 1. The molecule has 0 aromatic carbocycles. The number of nitrogens with zero attached hydrogens (tertiary/aromatic N) is 2. The lowest BCUT2D eigenvalue weighted by Crippen LogP contribution is -2.45. The first kappa shape index (κ1) is 12.6. The quantitative estimate of drug-likeness (QED) is 0.395. The molecule has 0 aromatic rings. The second kappa shape index (κ2) is 4.80. The van der Waals surface area contributed by atoms with E-state index in [2.05, 4.69) is 4.40 Å². The summed E-state index contributed by atoms with van der Waals surface area (Å²) in [5, 5.41) is 28.2. The van der Waals surface area contributed by atoms with E-state index in [9.17, 15) is 14.8 Å². The second-order valence-corrected chi connectivity index (χ2v) is 4.72. The average Bonchev–Trinajstić information content (AvgIpc) is 2.57. The van der Waals surface area contributed by atoms with Crippen LogP contribution in [0.15, 0.2) is 16.7 Å². The Labute approximate surface area is 100 Å². The van der Waals surface area contributed by atoms with Gasteiger partial charge in [-0.15, -0.1) is 4.31 Å². The maximum Gasteiger partial charge on any atom is 0.226 e. The van der Waals surface area contributed by atoms with Gasteiger partial charge in [0, 0.05) is 6.08 Å². The second-order valence-electron chi connectivity index (χ2n) is 3.65. The van der Waals surface area contributed by atoms with Crippen molar-refractivity contribution in [2.75, 3.05) is 6.61 Å². The third kappa shape index (κ3) is 2.25. The average molecular weight is 263 g/mol. The minimum absolute atomic E-state index is 0.103. The zero-order valence-corrected chi connectivity index (χ0v) is 9.53. The molecule has 0 amide bonds. The molecule has 0 saturated carbocycles. The van der Waals surface area contributed by atoms with Gasteiger partial charge < -0.3 is 30.3 Å². The summed E-state index contributed by atoms with van der Waals surface area (Å²) >= 11 is -1.82. The molecule has 0 bridgehead atoms. The van der Waals surface area contributed by atoms with Crippen molar-refractivity contribution in [1.82, 2.24) is 4.31 Å². The minimum Gasteiger partial charge on any atom is -0.566 e. The summed E-state index contributed by atoms with van der Waals surface area (Å²) in [5.74, 6) is 0.103. The van der Waals surface area contributed by atoms with Crippen molar-refractivity contribution in [3.8, 4) is 0 Å². The molecule has 0 spiro atoms. The number of hydrogen-bond donors (Lipinski definition) is 4. The molecule has 0 radical (unpaired) electrons. The Balaban J connectivity index is 2.12. The van der Waals surface area contributed by atoms with Crippen molar-refractivity contribution >= 4 is 17.4 Å². The number of hydrogen-bond acceptors (Lipinski definition) is 8. The lowest BCUT2D eigenvalue weighted by atomic mass is 10.1. The number of aliphatic hydroxyl groups is 3. The van der Waals surface area contributed by atoms with E-state index >= 15 is 0 Å². The predicted molar refractivity (Wildman–Crippen MR) is 58.5 cm³/mol. The monoisotopic (exact) mass is 263 g/mol. The van der Waals surface area contributed by atoms with Crippen molar-refractivity contribution in [2.24, 2.45) is 10.1 Å². The smallest absolute Gasteiger partial charge is 0.226 e. The van der Waals surface area contributed by atoms with Gasteiger partial charge in [-0.1, -0.05) is 0 Å². The molecule has 2 aliphatic rings. The van der Waals surface area contributed by atoms with Gasteiger partial charge in [-0.25, -0.2) is 0 Å². The van der Waals surface area contributed by atoms with Gasteiger partial charge in [-0.3, -0.25) is 0 Å². The van der Waals surface area contributed by atoms with Crippen LogP contribution in [0.5, 0.6) is 0 Å². The number of rotatable bonds is 2. The van der Waals surface area contributed by atoms with E-state index in [-0.39, 0.29) is 5.84 Å². The van der Waals surface area contributed by atoms with Crippen LogP contribution in [0.2, 0.25) is 0 Å². The van der Waals surface area contributed by atoms with Gasteiger partial charge >= 0.3 is 0 Å². The maximum absolute atomic E-state index is 11.6. The van der Waals surface area contributed by atoms with E-state index in [1.54, 1.807) is 0 Å². The van der Waals surface area contributed by atoms with Crippen LogP contribution in [0, 0.1) is 0 Å². The number of nitrogens with two attached hydrogens (primary N) is 1. The van der Waals surface area contributed by atoms with Gasteiger partial charge in [-0.2, -0.15) is 0 Å². The highest BCUT2D eigenvalue weighted by atomic mass is 32.2. The number of ether oxygens (including phenoxy) is 1. The molecule has 2 heterocycles. The van der Waals surface area contributed by atoms with Gasteiger partial charge in [0.05, 0.1) is 12.8 Å². The zero-order chi connectivity index (χ0) is 12.6. The third-order valence-electron chi connectivity index (χ3n) is 2.52. The minimum atomic E-state index is -1.82. The SMILES string of the molecule is NC1=N[S+]([O-])N([C@@H]2O[C@H](CO)C(O)C2O)C=C1. The van der Waals surface area contributed by atoms with Crippen LogP contribution < -0.4 is 5.73 Å². The lowest BCUT2D eigenvalue weighted by molar-refractivity contribution is -0.0542. The summed E-state index contributed by atoms with van der Waals surface area (Å²) in [5.41, 5.74) is 5.35. The van der Waals surface area contributed by atoms with E-state index in [0.717, 1.165) is 4.31 Å². The third-order valence-corrected chi connectivity index (χ3v) is 3.58. The molecule has 17 heavy (non-hydrogen) atoms. The van der Waals surface area contributed by atoms with Crippen LogP contribution in [0.25, 0.3) is 0 Å². The molecule has 1 fully saturated rings. The van der Waals surface area contributed by atoms with Gasteiger partial charge in [-0.05, 0) is 4.40 Å². The van der Waals surface area contributed by atoms with Crippen molar-refractivity contribution in [1.29, 1.82) is 0 Å². The summed E-state index contributed by atoms with van der Waals surface area (Å²) in [6.45, 7) is -0.440. The van der Waals surface area contributed by atoms with Crippen molar-refractivity contribution < 1.29 is 24.6 Å². The summed E-state index contributed by atoms with van der Waals surface area (Å²) in [4.78, 5) is 0. The molecule has 8 nitrogen and oxygen atoms in total. The molecule has 9 heteroatoms. The summed E-state index contributed by atoms with van der Waals surface area (Å²) in [6, 6.07) is 0. The van der Waals surface area contributed by atoms with Crippen LogP contribution >= 0.6 is 0 Å². The number of aliphatic hydroxyl groups excluding tert-OH is 3. The highest BCUT2D eigenvalue weighted by molar-refractivity contribution is 7.88. The van der Waals surface area contributed by atoms with Crippen LogP contribution in [0.4, 0.5) is 0 Å². The van der Waals surface area contributed by atoms with Crippen molar-refractivity contribution in [2.45, 2.75) is 24.5 Å². The molecule has 0 aliphatic carbocycles. The van der Waals surface area contributed by atoms with E-state index in [1.165, 1.54) is 12.3 Å². The Bertz CT molecular complexity index is 352. The van der Waals surface area contributed by atoms with Crippen LogP contribution in [-0.4, -0.2) is 61.2 Å². The van der Waals surface area contributed by atoms with Crippen LogP contribution in [-0.2, 0) is 16.3 Å². The molecular weight excluding hydrogens is 250 g/mol. The van der Waals surface area contributed by atoms with E-state index in [4.69, 9.17) is 15.6 Å². The zero-order valence-electron chi connectivity index (χ0n) is 8.71. The van der Waals surface area contributed by atoms with Crippen LogP contribution in [0.3, 0.4) is 0 Å². The standard InChI is InChI=1S/C8H13N3O5S/c9-5-1-2-11(17(15)10-5)8-7(14)6(13)4(3-12)16-8/h1-2,4,6-8,12-14H,3H2,(H2,9,10)/t4-,6?,7?,8-,17?/m1/s1. The first-order chi connectivity index (χ1) is 8.04. The molecule has 5 N–H and O–H groups in total. The molecule has 0 aromatic heterocycles. The Kier molecular flexibility index (Phi) is 3.56. The van der Waals surface area contributed by atoms with Crippen LogP contribution in [0.1, 0.15) is 0 Å². The highest BCUT2D eigenvalue weighted by Crippen LogP contribution is 2.27. The fourth-order valence-corrected chi connectivity index (χ4v) is 2.49. The van der Waals surface area contributed by atoms with Gasteiger partial charge in [0.1, 0.15) is 18.3 Å². The fraction of sp³-hybridized carbons (Fsp3) is 0.625. The summed E-state index contributed by atoms with van der Waals surface area (Å²) in [7, 11) is 0. The largest absolute Gasteiger partial charge is 0.566 e. The molecule has 5 atom stereocenters. The Morgan fingerprint density at radius 2 is 2.24 bits per heavy atom. The van der Waals surface area contributed by atoms with E-state index < -0.39 is 42.7 Å². The summed E-state index contributed by atoms with van der Waals surface area (Å²) in [6.07, 6.45) is -1.71. The van der Waals surface area contributed by atoms with Gasteiger partial charge in [0.15, 0.2) is 5.84 Å². The fourth-order valence-electron chi connectivity index (χ4n) is 1.63. The molecule has 2 rings (SSSR count). The predicted octanol–water partition coefficient (Wildman–Crippen LogP) is -2.81. The molecule has 3 unspecified atom stereocenters. The Morgan fingerprint density at radius 3 is 2.76 bits per heavy atom. The summed E-state index contributed by atoms with van der Waals surface area (Å²) < 4.78 is 21.5. The normalized spacial score (nSPS) is 41.8. The highest BCUT2D eigenvalue weighted by Gasteiger charge is 2.48. The Hall–Kier alpha value is -0.840. The van der Waals surface area contributed by atoms with Gasteiger partial charge in [0.2, 0.25) is 17.8 Å². The molecule has 96 valence electrons. The first-order valence-corrected chi connectivity index (χ1v) is 5.96. The van der Waals surface area contributed by atoms with E-state index in [1.807, 2.05) is 0 Å². The topological polar surface area (TPSA) is 135 Å². The van der Waals surface area contributed by atoms with E-state index in [0.29, 0.717) is 0 Å². The van der Waals surface area contributed by atoms with Gasteiger partial charge in [0.25, 0.3) is 0 Å². The maximum atomic E-state index is 11.6. The molecular formula is C8H13N3O5S. The van der Waals surface area contributed by atoms with Crippen molar-refractivity contribution in [3.05, 3.63) is 12.3 Å².